The second-order valence-corrected chi connectivity index (χ2v) is 16.3. The number of benzene rings is 2. The minimum absolute atomic E-state index is 0.0815. The summed E-state index contributed by atoms with van der Waals surface area (Å²) in [6.07, 6.45) is 2.70. The zero-order chi connectivity index (χ0) is 39.1. The average molecular weight is 791 g/mol. The molecule has 13 nitrogen and oxygen atoms in total. The Morgan fingerprint density at radius 3 is 2.32 bits per heavy atom. The lowest BCUT2D eigenvalue weighted by Gasteiger charge is -2.28. The van der Waals surface area contributed by atoms with Crippen LogP contribution in [0.2, 0.25) is 5.28 Å². The number of hydrogen-bond acceptors (Lipinski definition) is 12. The van der Waals surface area contributed by atoms with Gasteiger partial charge in [-0.1, -0.05) is 24.3 Å². The summed E-state index contributed by atoms with van der Waals surface area (Å²) in [4.78, 5) is 51.8. The van der Waals surface area contributed by atoms with Crippen molar-refractivity contribution in [2.45, 2.75) is 94.7 Å². The second kappa shape index (κ2) is 13.6. The third-order valence-corrected chi connectivity index (χ3v) is 12.9. The highest BCUT2D eigenvalue weighted by Crippen LogP contribution is 2.60. The maximum Gasteiger partial charge on any atom is 0.303 e. The third-order valence-electron chi connectivity index (χ3n) is 12.7. The molecular formula is C40H41ClF2N6O7. The van der Waals surface area contributed by atoms with E-state index >= 15 is 4.39 Å². The van der Waals surface area contributed by atoms with Crippen LogP contribution in [0.1, 0.15) is 76.7 Å². The summed E-state index contributed by atoms with van der Waals surface area (Å²) in [7, 11) is 0. The van der Waals surface area contributed by atoms with E-state index in [4.69, 9.17) is 30.5 Å². The first-order chi connectivity index (χ1) is 26.9. The van der Waals surface area contributed by atoms with Crippen molar-refractivity contribution in [2.75, 3.05) is 29.9 Å². The van der Waals surface area contributed by atoms with Crippen LogP contribution in [-0.4, -0.2) is 75.4 Å². The summed E-state index contributed by atoms with van der Waals surface area (Å²) >= 11 is 6.64. The van der Waals surface area contributed by atoms with Crippen LogP contribution in [0.25, 0.3) is 11.2 Å². The summed E-state index contributed by atoms with van der Waals surface area (Å²) in [5, 5.41) is 3.22. The Kier molecular flexibility index (Phi) is 8.95. The molecule has 3 aliphatic heterocycles. The molecule has 294 valence electrons. The van der Waals surface area contributed by atoms with E-state index < -0.39 is 48.3 Å². The highest BCUT2D eigenvalue weighted by atomic mass is 35.5. The molecule has 4 aromatic rings. The van der Waals surface area contributed by atoms with Crippen molar-refractivity contribution in [2.24, 2.45) is 11.8 Å². The molecule has 0 bridgehead atoms. The fourth-order valence-electron chi connectivity index (χ4n) is 10.5. The molecule has 16 heteroatoms. The number of fused-ring (bicyclic) bond motifs is 5. The van der Waals surface area contributed by atoms with E-state index in [1.165, 1.54) is 43.8 Å². The number of aromatic nitrogens is 4. The van der Waals surface area contributed by atoms with Gasteiger partial charge >= 0.3 is 17.9 Å². The summed E-state index contributed by atoms with van der Waals surface area (Å²) < 4.78 is 55.0. The Bertz CT molecular complexity index is 2280. The highest BCUT2D eigenvalue weighted by Gasteiger charge is 2.55. The quantitative estimate of drug-likeness (QED) is 0.125. The van der Waals surface area contributed by atoms with Crippen molar-refractivity contribution in [1.29, 1.82) is 0 Å². The lowest BCUT2D eigenvalue weighted by Crippen LogP contribution is -2.40. The fourth-order valence-corrected chi connectivity index (χ4v) is 10.6. The first kappa shape index (κ1) is 36.7. The van der Waals surface area contributed by atoms with Crippen LogP contribution in [0.4, 0.5) is 26.0 Å². The van der Waals surface area contributed by atoms with E-state index in [2.05, 4.69) is 26.3 Å². The molecule has 2 aromatic carbocycles. The van der Waals surface area contributed by atoms with Crippen LogP contribution in [-0.2, 0) is 44.2 Å². The number of para-hydroxylation sites is 2. The predicted octanol–water partition coefficient (Wildman–Crippen LogP) is 6.44. The number of carbonyl (C=O) groups is 3. The molecule has 3 fully saturated rings. The van der Waals surface area contributed by atoms with Gasteiger partial charge in [-0.05, 0) is 85.2 Å². The van der Waals surface area contributed by atoms with Crippen molar-refractivity contribution >= 4 is 57.9 Å². The Hall–Kier alpha value is -4.89. The molecule has 2 saturated carbocycles. The molecule has 1 N–H and O–H groups in total. The smallest absolute Gasteiger partial charge is 0.303 e. The molecule has 6 unspecified atom stereocenters. The van der Waals surface area contributed by atoms with Gasteiger partial charge in [-0.25, -0.2) is 13.8 Å². The second-order valence-electron chi connectivity index (χ2n) is 16.0. The van der Waals surface area contributed by atoms with E-state index in [0.29, 0.717) is 41.1 Å². The van der Waals surface area contributed by atoms with Crippen LogP contribution < -0.4 is 10.2 Å². The van der Waals surface area contributed by atoms with Gasteiger partial charge < -0.3 is 29.2 Å². The molecule has 56 heavy (non-hydrogen) atoms. The van der Waals surface area contributed by atoms with Crippen LogP contribution in [0.15, 0.2) is 42.7 Å². The number of rotatable bonds is 7. The zero-order valence-corrected chi connectivity index (χ0v) is 31.9. The zero-order valence-electron chi connectivity index (χ0n) is 31.1. The lowest BCUT2D eigenvalue weighted by molar-refractivity contribution is -0.166. The van der Waals surface area contributed by atoms with Crippen molar-refractivity contribution in [3.05, 3.63) is 70.8 Å². The van der Waals surface area contributed by atoms with E-state index in [1.54, 1.807) is 12.1 Å². The highest BCUT2D eigenvalue weighted by molar-refractivity contribution is 6.28. The molecular weight excluding hydrogens is 750 g/mol. The minimum Gasteiger partial charge on any atom is -0.463 e. The van der Waals surface area contributed by atoms with Gasteiger partial charge in [-0.15, -0.1) is 0 Å². The topological polar surface area (TPSA) is 147 Å². The van der Waals surface area contributed by atoms with Gasteiger partial charge in [0.15, 0.2) is 35.4 Å². The van der Waals surface area contributed by atoms with E-state index in [9.17, 15) is 18.8 Å². The monoisotopic (exact) mass is 790 g/mol. The molecule has 9 rings (SSSR count). The SMILES string of the molecule is CC(=O)OC[C@H]1O[C@@H](n2cnc3c(N4CC5(CCC(C6CCC7(CNc8c(F)cccc87)C6)C5)c5cccc(F)c54)nc(Cl)nc32)C(OC(C)=O)C1OC(C)=O. The maximum atomic E-state index is 16.2. The van der Waals surface area contributed by atoms with Gasteiger partial charge in [0.05, 0.1) is 17.7 Å². The maximum absolute atomic E-state index is 16.2. The van der Waals surface area contributed by atoms with Gasteiger partial charge in [0.25, 0.3) is 0 Å². The summed E-state index contributed by atoms with van der Waals surface area (Å²) in [6.45, 7) is 4.55. The molecule has 5 aliphatic rings. The van der Waals surface area contributed by atoms with Crippen molar-refractivity contribution in [3.63, 3.8) is 0 Å². The summed E-state index contributed by atoms with van der Waals surface area (Å²) in [5.74, 6) is -1.35. The van der Waals surface area contributed by atoms with Crippen molar-refractivity contribution in [3.8, 4) is 0 Å². The largest absolute Gasteiger partial charge is 0.463 e. The fraction of sp³-hybridized carbons (Fsp3) is 0.500. The molecule has 0 radical (unpaired) electrons. The van der Waals surface area contributed by atoms with Crippen LogP contribution >= 0.6 is 11.6 Å². The number of nitrogens with one attached hydrogen (secondary N) is 1. The van der Waals surface area contributed by atoms with Crippen LogP contribution in [0, 0.1) is 23.5 Å². The number of carbonyl (C=O) groups excluding carboxylic acids is 3. The Morgan fingerprint density at radius 2 is 1.59 bits per heavy atom. The first-order valence-electron chi connectivity index (χ1n) is 19.0. The minimum atomic E-state index is -1.18. The van der Waals surface area contributed by atoms with Crippen molar-refractivity contribution < 1.29 is 42.1 Å². The normalized spacial score (nSPS) is 30.2. The number of anilines is 3. The van der Waals surface area contributed by atoms with Gasteiger partial charge in [-0.3, -0.25) is 19.0 Å². The number of nitrogens with zero attached hydrogens (tertiary/aromatic N) is 5. The summed E-state index contributed by atoms with van der Waals surface area (Å²) in [5.41, 5.74) is 3.11. The van der Waals surface area contributed by atoms with Gasteiger partial charge in [0, 0.05) is 44.7 Å². The molecule has 2 aliphatic carbocycles. The number of esters is 3. The van der Waals surface area contributed by atoms with Crippen LogP contribution in [0.3, 0.4) is 0 Å². The van der Waals surface area contributed by atoms with E-state index in [1.807, 2.05) is 11.0 Å². The number of halogens is 3. The van der Waals surface area contributed by atoms with E-state index in [-0.39, 0.29) is 34.2 Å². The van der Waals surface area contributed by atoms with Gasteiger partial charge in [0.1, 0.15) is 24.3 Å². The standard InChI is InChI=1S/C40H41ClF2N6O7/c1-20(50)53-16-29-33(54-21(2)51)34(55-22(3)52)37(56-29)49-19-45-31-35(46-38(41)47-36(31)49)48-18-40(26-7-5-9-28(43)32(26)48)13-11-24(15-40)23-10-12-39(14-23)17-44-30-25(39)6-4-8-27(30)42/h4-9,19,23-24,29,33-34,37,44H,10-18H2,1-3H3/t23?,24?,29-,33?,34?,37-,39?,40?/m1/s1. The molecule has 1 saturated heterocycles. The van der Waals surface area contributed by atoms with Crippen molar-refractivity contribution in [1.82, 2.24) is 19.5 Å². The number of ether oxygens (including phenoxy) is 4. The first-order valence-corrected chi connectivity index (χ1v) is 19.4. The Morgan fingerprint density at radius 1 is 0.911 bits per heavy atom. The third kappa shape index (κ3) is 5.96. The molecule has 2 spiro atoms. The number of imidazole rings is 1. The molecule has 8 atom stereocenters. The number of hydrogen-bond donors (Lipinski definition) is 1. The summed E-state index contributed by atoms with van der Waals surface area (Å²) in [6, 6.07) is 10.6. The lowest BCUT2D eigenvalue weighted by atomic mass is 9.76. The Labute approximate surface area is 326 Å². The Balaban J connectivity index is 1.04. The molecule has 2 aromatic heterocycles. The predicted molar refractivity (Wildman–Crippen MR) is 198 cm³/mol. The average Bonchev–Trinajstić information content (AvgIpc) is 4.01. The molecule has 0 amide bonds. The van der Waals surface area contributed by atoms with Gasteiger partial charge in [-0.2, -0.15) is 9.97 Å². The van der Waals surface area contributed by atoms with Crippen LogP contribution in [0.5, 0.6) is 0 Å². The molecule has 5 heterocycles. The van der Waals surface area contributed by atoms with Gasteiger partial charge in [0.2, 0.25) is 5.28 Å². The van der Waals surface area contributed by atoms with E-state index in [0.717, 1.165) is 56.2 Å².